The van der Waals surface area contributed by atoms with Gasteiger partial charge in [0.1, 0.15) is 0 Å². The second-order valence-corrected chi connectivity index (χ2v) is 7.21. The Kier molecular flexibility index (Phi) is 7.05. The van der Waals surface area contributed by atoms with Crippen molar-refractivity contribution in [1.29, 1.82) is 0 Å². The predicted molar refractivity (Wildman–Crippen MR) is 89.8 cm³/mol. The molecule has 1 aromatic rings. The third-order valence-corrected chi connectivity index (χ3v) is 5.52. The van der Waals surface area contributed by atoms with Gasteiger partial charge in [0, 0.05) is 10.9 Å². The van der Waals surface area contributed by atoms with Gasteiger partial charge in [-0.2, -0.15) is 0 Å². The molecule has 0 bridgehead atoms. The lowest BCUT2D eigenvalue weighted by atomic mass is 9.96. The maximum atomic E-state index is 10.9. The topological polar surface area (TPSA) is 77.8 Å². The molecule has 1 saturated heterocycles. The minimum absolute atomic E-state index is 0.207. The summed E-state index contributed by atoms with van der Waals surface area (Å²) in [5.74, 6) is -3.74. The van der Waals surface area contributed by atoms with Crippen molar-refractivity contribution in [3.8, 4) is 0 Å². The van der Waals surface area contributed by atoms with Crippen molar-refractivity contribution in [2.24, 2.45) is 5.92 Å². The predicted octanol–water partition coefficient (Wildman–Crippen LogP) is 3.10. The number of carboxylic acids is 2. The van der Waals surface area contributed by atoms with Crippen molar-refractivity contribution in [3.05, 3.63) is 22.4 Å². The molecule has 1 fully saturated rings. The average molecular weight is 339 g/mol. The van der Waals surface area contributed by atoms with E-state index in [2.05, 4.69) is 22.4 Å². The quantitative estimate of drug-likeness (QED) is 0.676. The highest BCUT2D eigenvalue weighted by atomic mass is 32.1. The molecule has 1 aromatic heterocycles. The van der Waals surface area contributed by atoms with E-state index in [9.17, 15) is 9.59 Å². The number of hydrogen-bond acceptors (Lipinski definition) is 4. The molecule has 6 heteroatoms. The number of likely N-dealkylation sites (tertiary alicyclic amines) is 1. The van der Waals surface area contributed by atoms with Crippen LogP contribution in [0.5, 0.6) is 0 Å². The van der Waals surface area contributed by atoms with E-state index in [4.69, 9.17) is 10.2 Å². The van der Waals surface area contributed by atoms with E-state index in [1.807, 2.05) is 0 Å². The van der Waals surface area contributed by atoms with Crippen LogP contribution < -0.4 is 0 Å². The highest BCUT2D eigenvalue weighted by Crippen LogP contribution is 2.23. The number of aliphatic carboxylic acids is 2. The average Bonchev–Trinajstić information content (AvgIpc) is 3.03. The Morgan fingerprint density at radius 2 is 2.09 bits per heavy atom. The summed E-state index contributed by atoms with van der Waals surface area (Å²) in [5.41, 5.74) is 0. The van der Waals surface area contributed by atoms with E-state index in [1.54, 1.807) is 11.3 Å². The number of thiophene rings is 1. The van der Waals surface area contributed by atoms with Crippen molar-refractivity contribution in [1.82, 2.24) is 4.90 Å². The summed E-state index contributed by atoms with van der Waals surface area (Å²) in [5, 5.41) is 20.0. The van der Waals surface area contributed by atoms with Crippen LogP contribution in [0.25, 0.3) is 0 Å². The number of carbonyl (C=O) groups is 2. The van der Waals surface area contributed by atoms with Crippen LogP contribution >= 0.6 is 11.3 Å². The van der Waals surface area contributed by atoms with E-state index in [-0.39, 0.29) is 6.42 Å². The van der Waals surface area contributed by atoms with Gasteiger partial charge in [-0.25, -0.2) is 0 Å². The Bertz CT molecular complexity index is 489. The molecule has 0 aromatic carbocycles. The summed E-state index contributed by atoms with van der Waals surface area (Å²) in [4.78, 5) is 25.7. The van der Waals surface area contributed by atoms with E-state index in [1.165, 1.54) is 24.1 Å². The summed E-state index contributed by atoms with van der Waals surface area (Å²) >= 11 is 1.79. The minimum atomic E-state index is -1.27. The van der Waals surface area contributed by atoms with Gasteiger partial charge >= 0.3 is 11.9 Å². The molecule has 128 valence electrons. The van der Waals surface area contributed by atoms with Crippen molar-refractivity contribution in [2.75, 3.05) is 13.1 Å². The normalized spacial score (nSPS) is 19.1. The lowest BCUT2D eigenvalue weighted by Gasteiger charge is -2.36. The molecule has 0 saturated carbocycles. The van der Waals surface area contributed by atoms with Gasteiger partial charge in [-0.1, -0.05) is 12.5 Å². The van der Waals surface area contributed by atoms with Crippen molar-refractivity contribution >= 4 is 23.3 Å². The lowest BCUT2D eigenvalue weighted by molar-refractivity contribution is -0.154. The summed E-state index contributed by atoms with van der Waals surface area (Å²) in [6.07, 6.45) is 6.66. The molecule has 0 spiro atoms. The third-order valence-electron chi connectivity index (χ3n) is 4.59. The number of carboxylic acid groups (broad SMARTS) is 2. The van der Waals surface area contributed by atoms with Crippen molar-refractivity contribution in [3.63, 3.8) is 0 Å². The molecule has 5 nitrogen and oxygen atoms in total. The van der Waals surface area contributed by atoms with Crippen LogP contribution in [0.1, 0.15) is 43.4 Å². The van der Waals surface area contributed by atoms with Gasteiger partial charge < -0.3 is 15.1 Å². The van der Waals surface area contributed by atoms with Crippen LogP contribution in [0.15, 0.2) is 17.5 Å². The maximum absolute atomic E-state index is 10.9. The molecule has 1 aliphatic rings. The monoisotopic (exact) mass is 339 g/mol. The van der Waals surface area contributed by atoms with E-state index < -0.39 is 17.9 Å². The second kappa shape index (κ2) is 9.03. The van der Waals surface area contributed by atoms with Gasteiger partial charge in [0.15, 0.2) is 5.92 Å². The Morgan fingerprint density at radius 1 is 1.30 bits per heavy atom. The maximum Gasteiger partial charge on any atom is 0.317 e. The first-order valence-electron chi connectivity index (χ1n) is 8.30. The molecular formula is C17H25NO4S. The third kappa shape index (κ3) is 5.62. The molecule has 23 heavy (non-hydrogen) atoms. The zero-order chi connectivity index (χ0) is 16.7. The second-order valence-electron chi connectivity index (χ2n) is 6.17. The first kappa shape index (κ1) is 17.9. The fourth-order valence-electron chi connectivity index (χ4n) is 3.30. The number of nitrogens with zero attached hydrogens (tertiary/aromatic N) is 1. The standard InChI is InChI=1S/C17H25NO4S/c19-16(20)15(17(21)22)7-3-11-18-10-2-1-5-13(18)8-9-14-6-4-12-23-14/h4,6,12-13,15H,1-3,5,7-11H2,(H,19,20)(H,21,22). The molecular weight excluding hydrogens is 314 g/mol. The van der Waals surface area contributed by atoms with Gasteiger partial charge in [-0.3, -0.25) is 9.59 Å². The summed E-state index contributed by atoms with van der Waals surface area (Å²) in [7, 11) is 0. The number of rotatable bonds is 9. The first-order chi connectivity index (χ1) is 11.1. The zero-order valence-electron chi connectivity index (χ0n) is 13.3. The van der Waals surface area contributed by atoms with Gasteiger partial charge in [-0.05, 0) is 63.1 Å². The van der Waals surface area contributed by atoms with Crippen LogP contribution in [-0.2, 0) is 16.0 Å². The molecule has 1 aliphatic heterocycles. The largest absolute Gasteiger partial charge is 0.481 e. The zero-order valence-corrected chi connectivity index (χ0v) is 14.1. The molecule has 0 radical (unpaired) electrons. The lowest BCUT2D eigenvalue weighted by Crippen LogP contribution is -2.40. The first-order valence-corrected chi connectivity index (χ1v) is 9.18. The van der Waals surface area contributed by atoms with Gasteiger partial charge in [0.25, 0.3) is 0 Å². The Labute approximate surface area is 140 Å². The Hall–Kier alpha value is -1.40. The molecule has 0 aliphatic carbocycles. The number of piperidine rings is 1. The highest BCUT2D eigenvalue weighted by molar-refractivity contribution is 7.09. The van der Waals surface area contributed by atoms with Crippen LogP contribution in [-0.4, -0.2) is 46.2 Å². The number of aryl methyl sites for hydroxylation is 1. The van der Waals surface area contributed by atoms with Gasteiger partial charge in [0.05, 0.1) is 0 Å². The van der Waals surface area contributed by atoms with Crippen LogP contribution in [0.3, 0.4) is 0 Å². The van der Waals surface area contributed by atoms with Crippen LogP contribution in [0.2, 0.25) is 0 Å². The van der Waals surface area contributed by atoms with Gasteiger partial charge in [-0.15, -0.1) is 11.3 Å². The SMILES string of the molecule is O=C(O)C(CCCN1CCCCC1CCc1cccs1)C(=O)O. The molecule has 2 heterocycles. The van der Waals surface area contributed by atoms with E-state index in [0.29, 0.717) is 12.5 Å². The fourth-order valence-corrected chi connectivity index (χ4v) is 4.02. The van der Waals surface area contributed by atoms with Crippen molar-refractivity contribution in [2.45, 2.75) is 51.0 Å². The Morgan fingerprint density at radius 3 is 2.74 bits per heavy atom. The molecule has 1 unspecified atom stereocenters. The molecule has 2 rings (SSSR count). The van der Waals surface area contributed by atoms with E-state index in [0.717, 1.165) is 25.9 Å². The summed E-state index contributed by atoms with van der Waals surface area (Å²) in [6, 6.07) is 4.79. The fraction of sp³-hybridized carbons (Fsp3) is 0.647. The summed E-state index contributed by atoms with van der Waals surface area (Å²) in [6.45, 7) is 1.84. The Balaban J connectivity index is 1.79. The highest BCUT2D eigenvalue weighted by Gasteiger charge is 2.27. The van der Waals surface area contributed by atoms with E-state index >= 15 is 0 Å². The molecule has 0 amide bonds. The summed E-state index contributed by atoms with van der Waals surface area (Å²) < 4.78 is 0. The number of hydrogen-bond donors (Lipinski definition) is 2. The van der Waals surface area contributed by atoms with Crippen molar-refractivity contribution < 1.29 is 19.8 Å². The molecule has 2 N–H and O–H groups in total. The van der Waals surface area contributed by atoms with Crippen LogP contribution in [0.4, 0.5) is 0 Å². The minimum Gasteiger partial charge on any atom is -0.481 e. The smallest absolute Gasteiger partial charge is 0.317 e. The molecule has 1 atom stereocenters. The van der Waals surface area contributed by atoms with Gasteiger partial charge in [0.2, 0.25) is 0 Å². The van der Waals surface area contributed by atoms with Crippen LogP contribution in [0, 0.1) is 5.92 Å².